The normalized spacial score (nSPS) is 10.4. The van der Waals surface area contributed by atoms with E-state index in [0.717, 1.165) is 12.1 Å². The first-order valence-electron chi connectivity index (χ1n) is 4.63. The van der Waals surface area contributed by atoms with Gasteiger partial charge in [0.25, 0.3) is 0 Å². The van der Waals surface area contributed by atoms with Gasteiger partial charge in [-0.2, -0.15) is 0 Å². The Bertz CT molecular complexity index is 418. The summed E-state index contributed by atoms with van der Waals surface area (Å²) >= 11 is 1.78. The number of nitrogen functional groups attached to an aromatic ring is 1. The molecule has 14 heavy (non-hydrogen) atoms. The molecule has 72 valence electrons. The van der Waals surface area contributed by atoms with Gasteiger partial charge in [-0.15, -0.1) is 11.3 Å². The second-order valence-corrected chi connectivity index (χ2v) is 4.49. The molecule has 2 aromatic rings. The van der Waals surface area contributed by atoms with E-state index in [1.807, 2.05) is 6.07 Å². The lowest BCUT2D eigenvalue weighted by Gasteiger charge is -2.04. The van der Waals surface area contributed by atoms with E-state index in [4.69, 9.17) is 5.73 Å². The molecule has 2 N–H and O–H groups in total. The highest BCUT2D eigenvalue weighted by Crippen LogP contribution is 2.20. The van der Waals surface area contributed by atoms with Crippen LogP contribution in [0, 0.1) is 6.92 Å². The molecule has 1 aromatic heterocycles. The van der Waals surface area contributed by atoms with Crippen molar-refractivity contribution >= 4 is 17.0 Å². The fourth-order valence-electron chi connectivity index (χ4n) is 1.48. The Morgan fingerprint density at radius 1 is 1.29 bits per heavy atom. The first-order chi connectivity index (χ1) is 6.75. The Morgan fingerprint density at radius 3 is 2.79 bits per heavy atom. The molecule has 1 heterocycles. The molecular formula is C12H13NS. The molecule has 0 spiro atoms. The Hall–Kier alpha value is -1.28. The summed E-state index contributed by atoms with van der Waals surface area (Å²) < 4.78 is 0. The van der Waals surface area contributed by atoms with Gasteiger partial charge in [-0.1, -0.05) is 18.2 Å². The highest BCUT2D eigenvalue weighted by atomic mass is 32.1. The molecule has 0 aliphatic carbocycles. The Balaban J connectivity index is 2.25. The van der Waals surface area contributed by atoms with Gasteiger partial charge in [0.15, 0.2) is 0 Å². The zero-order valence-electron chi connectivity index (χ0n) is 8.16. The number of anilines is 1. The zero-order chi connectivity index (χ0) is 9.97. The summed E-state index contributed by atoms with van der Waals surface area (Å²) in [5, 5.41) is 2.10. The van der Waals surface area contributed by atoms with Gasteiger partial charge < -0.3 is 5.73 Å². The third-order valence-electron chi connectivity index (χ3n) is 2.25. The number of thiophene rings is 1. The van der Waals surface area contributed by atoms with Crippen LogP contribution in [-0.2, 0) is 6.42 Å². The summed E-state index contributed by atoms with van der Waals surface area (Å²) in [6, 6.07) is 10.5. The molecule has 0 aliphatic rings. The van der Waals surface area contributed by atoms with E-state index in [2.05, 4.69) is 36.6 Å². The zero-order valence-corrected chi connectivity index (χ0v) is 8.97. The molecular weight excluding hydrogens is 190 g/mol. The van der Waals surface area contributed by atoms with Gasteiger partial charge in [-0.25, -0.2) is 0 Å². The van der Waals surface area contributed by atoms with Crippen molar-refractivity contribution in [2.45, 2.75) is 13.3 Å². The van der Waals surface area contributed by atoms with E-state index in [1.54, 1.807) is 11.3 Å². The van der Waals surface area contributed by atoms with Gasteiger partial charge in [-0.3, -0.25) is 0 Å². The van der Waals surface area contributed by atoms with Crippen LogP contribution in [0.1, 0.15) is 16.0 Å². The van der Waals surface area contributed by atoms with Gasteiger partial charge in [-0.05, 0) is 35.6 Å². The number of rotatable bonds is 2. The molecule has 1 aromatic carbocycles. The lowest BCUT2D eigenvalue weighted by Crippen LogP contribution is -1.94. The average Bonchev–Trinajstić information content (AvgIpc) is 2.62. The molecule has 0 fully saturated rings. The van der Waals surface area contributed by atoms with Crippen molar-refractivity contribution in [3.63, 3.8) is 0 Å². The Labute approximate surface area is 88.2 Å². The molecule has 0 saturated heterocycles. The maximum absolute atomic E-state index is 5.94. The molecule has 1 nitrogen and oxygen atoms in total. The second kappa shape index (κ2) is 3.84. The summed E-state index contributed by atoms with van der Waals surface area (Å²) in [4.78, 5) is 1.36. The van der Waals surface area contributed by atoms with Crippen molar-refractivity contribution in [2.24, 2.45) is 0 Å². The summed E-state index contributed by atoms with van der Waals surface area (Å²) in [6.45, 7) is 2.06. The van der Waals surface area contributed by atoms with E-state index in [0.29, 0.717) is 0 Å². The van der Waals surface area contributed by atoms with Crippen molar-refractivity contribution in [1.29, 1.82) is 0 Å². The number of hydrogen-bond donors (Lipinski definition) is 1. The largest absolute Gasteiger partial charge is 0.398 e. The molecule has 0 bridgehead atoms. The van der Waals surface area contributed by atoms with Crippen LogP contribution in [0.15, 0.2) is 35.7 Å². The van der Waals surface area contributed by atoms with E-state index in [9.17, 15) is 0 Å². The minimum atomic E-state index is 0.901. The van der Waals surface area contributed by atoms with E-state index in [1.165, 1.54) is 16.0 Å². The Kier molecular flexibility index (Phi) is 2.55. The third-order valence-corrected chi connectivity index (χ3v) is 3.12. The minimum absolute atomic E-state index is 0.901. The smallest absolute Gasteiger partial charge is 0.0352 e. The fraction of sp³-hybridized carbons (Fsp3) is 0.167. The summed E-state index contributed by atoms with van der Waals surface area (Å²) in [5.74, 6) is 0. The monoisotopic (exact) mass is 203 g/mol. The molecule has 2 heteroatoms. The van der Waals surface area contributed by atoms with Crippen LogP contribution >= 0.6 is 11.3 Å². The Morgan fingerprint density at radius 2 is 2.14 bits per heavy atom. The van der Waals surface area contributed by atoms with Crippen LogP contribution in [0.5, 0.6) is 0 Å². The minimum Gasteiger partial charge on any atom is -0.398 e. The van der Waals surface area contributed by atoms with E-state index < -0.39 is 0 Å². The van der Waals surface area contributed by atoms with Gasteiger partial charge >= 0.3 is 0 Å². The van der Waals surface area contributed by atoms with Crippen LogP contribution in [0.2, 0.25) is 0 Å². The summed E-state index contributed by atoms with van der Waals surface area (Å²) in [6.07, 6.45) is 0.948. The lowest BCUT2D eigenvalue weighted by molar-refractivity contribution is 1.24. The van der Waals surface area contributed by atoms with Gasteiger partial charge in [0, 0.05) is 17.0 Å². The standard InChI is InChI=1S/C12H13NS/c1-9-4-5-10(12(13)7-9)8-11-3-2-6-14-11/h2-7H,8,13H2,1H3. The van der Waals surface area contributed by atoms with Gasteiger partial charge in [0.05, 0.1) is 0 Å². The molecule has 0 radical (unpaired) electrons. The average molecular weight is 203 g/mol. The van der Waals surface area contributed by atoms with Crippen LogP contribution < -0.4 is 5.73 Å². The van der Waals surface area contributed by atoms with Crippen LogP contribution in [-0.4, -0.2) is 0 Å². The van der Waals surface area contributed by atoms with E-state index in [-0.39, 0.29) is 0 Å². The molecule has 0 atom stereocenters. The molecule has 0 aliphatic heterocycles. The second-order valence-electron chi connectivity index (χ2n) is 3.46. The van der Waals surface area contributed by atoms with Crippen molar-refractivity contribution in [2.75, 3.05) is 5.73 Å². The molecule has 0 saturated carbocycles. The maximum atomic E-state index is 5.94. The molecule has 2 rings (SSSR count). The molecule has 0 amide bonds. The predicted octanol–water partition coefficient (Wildman–Crippen LogP) is 3.23. The van der Waals surface area contributed by atoms with Crippen molar-refractivity contribution in [1.82, 2.24) is 0 Å². The highest BCUT2D eigenvalue weighted by Gasteiger charge is 2.01. The lowest BCUT2D eigenvalue weighted by atomic mass is 10.1. The number of benzene rings is 1. The van der Waals surface area contributed by atoms with E-state index >= 15 is 0 Å². The summed E-state index contributed by atoms with van der Waals surface area (Å²) in [7, 11) is 0. The maximum Gasteiger partial charge on any atom is 0.0352 e. The van der Waals surface area contributed by atoms with Gasteiger partial charge in [0.1, 0.15) is 0 Å². The topological polar surface area (TPSA) is 26.0 Å². The highest BCUT2D eigenvalue weighted by molar-refractivity contribution is 7.09. The fourth-order valence-corrected chi connectivity index (χ4v) is 2.20. The van der Waals surface area contributed by atoms with Crippen LogP contribution in [0.4, 0.5) is 5.69 Å². The quantitative estimate of drug-likeness (QED) is 0.745. The summed E-state index contributed by atoms with van der Waals surface area (Å²) in [5.41, 5.74) is 9.28. The van der Waals surface area contributed by atoms with Gasteiger partial charge in [0.2, 0.25) is 0 Å². The molecule has 0 unspecified atom stereocenters. The first-order valence-corrected chi connectivity index (χ1v) is 5.51. The predicted molar refractivity (Wildman–Crippen MR) is 62.7 cm³/mol. The third kappa shape index (κ3) is 1.96. The first kappa shape index (κ1) is 9.28. The van der Waals surface area contributed by atoms with Crippen LogP contribution in [0.25, 0.3) is 0 Å². The van der Waals surface area contributed by atoms with Crippen molar-refractivity contribution in [3.8, 4) is 0 Å². The number of nitrogens with two attached hydrogens (primary N) is 1. The number of hydrogen-bond acceptors (Lipinski definition) is 2. The number of aryl methyl sites for hydroxylation is 1. The van der Waals surface area contributed by atoms with Crippen molar-refractivity contribution in [3.05, 3.63) is 51.7 Å². The van der Waals surface area contributed by atoms with Crippen LogP contribution in [0.3, 0.4) is 0 Å². The van der Waals surface area contributed by atoms with Crippen molar-refractivity contribution < 1.29 is 0 Å². The SMILES string of the molecule is Cc1ccc(Cc2cccs2)c(N)c1.